The Morgan fingerprint density at radius 1 is 1.33 bits per heavy atom. The van der Waals surface area contributed by atoms with E-state index >= 15 is 0 Å². The van der Waals surface area contributed by atoms with Gasteiger partial charge in [0, 0.05) is 51.2 Å². The molecule has 0 N–H and O–H groups in total. The molecule has 2 rings (SSSR count). The first-order chi connectivity index (χ1) is 10.0. The molecule has 0 heterocycles. The molecule has 0 saturated carbocycles. The molecule has 5 heteroatoms. The Bertz CT molecular complexity index is 513. The fourth-order valence-electron chi connectivity index (χ4n) is 2.79. The molecular formula is C16H23ClN2O2. The Morgan fingerprint density at radius 2 is 2.05 bits per heavy atom. The second-order valence-electron chi connectivity index (χ2n) is 5.51. The van der Waals surface area contributed by atoms with Crippen LogP contribution in [-0.4, -0.2) is 45.3 Å². The lowest BCUT2D eigenvalue weighted by atomic mass is 9.80. The molecule has 21 heavy (non-hydrogen) atoms. The lowest BCUT2D eigenvalue weighted by molar-refractivity contribution is -0.110. The van der Waals surface area contributed by atoms with Crippen molar-refractivity contribution in [1.29, 1.82) is 0 Å². The van der Waals surface area contributed by atoms with Crippen molar-refractivity contribution in [3.05, 3.63) is 34.3 Å². The van der Waals surface area contributed by atoms with Crippen LogP contribution in [-0.2, 0) is 15.9 Å². The molecule has 1 atom stereocenters. The summed E-state index contributed by atoms with van der Waals surface area (Å²) >= 11 is 6.17. The van der Waals surface area contributed by atoms with Crippen LogP contribution in [0, 0.1) is 5.92 Å². The first-order valence-corrected chi connectivity index (χ1v) is 7.53. The Hall–Kier alpha value is -1.10. The van der Waals surface area contributed by atoms with Gasteiger partial charge in [-0.1, -0.05) is 17.7 Å². The molecule has 1 unspecified atom stereocenters. The van der Waals surface area contributed by atoms with Gasteiger partial charge in [-0.05, 0) is 30.5 Å². The highest BCUT2D eigenvalue weighted by molar-refractivity contribution is 6.31. The van der Waals surface area contributed by atoms with E-state index in [0.717, 1.165) is 35.6 Å². The highest BCUT2D eigenvalue weighted by atomic mass is 35.5. The summed E-state index contributed by atoms with van der Waals surface area (Å²) in [4.78, 5) is 0. The average Bonchev–Trinajstić information content (AvgIpc) is 2.46. The van der Waals surface area contributed by atoms with Gasteiger partial charge in [0.25, 0.3) is 0 Å². The summed E-state index contributed by atoms with van der Waals surface area (Å²) in [6, 6.07) is 6.06. The van der Waals surface area contributed by atoms with Crippen LogP contribution in [0.5, 0.6) is 0 Å². The summed E-state index contributed by atoms with van der Waals surface area (Å²) in [5.74, 6) is 0.309. The van der Waals surface area contributed by atoms with Gasteiger partial charge >= 0.3 is 0 Å². The predicted octanol–water partition coefficient (Wildman–Crippen LogP) is 3.18. The monoisotopic (exact) mass is 310 g/mol. The highest BCUT2D eigenvalue weighted by Gasteiger charge is 2.28. The molecule has 0 spiro atoms. The van der Waals surface area contributed by atoms with E-state index in [9.17, 15) is 0 Å². The van der Waals surface area contributed by atoms with Crippen LogP contribution in [0.1, 0.15) is 24.0 Å². The molecule has 1 aliphatic rings. The molecule has 1 aromatic rings. The van der Waals surface area contributed by atoms with Crippen LogP contribution in [0.2, 0.25) is 5.02 Å². The topological polar surface area (TPSA) is 34.1 Å². The molecule has 4 nitrogen and oxygen atoms in total. The number of nitrogens with zero attached hydrogens (tertiary/aromatic N) is 2. The molecule has 0 bridgehead atoms. The second-order valence-corrected chi connectivity index (χ2v) is 5.94. The molecule has 1 aromatic carbocycles. The molecule has 1 aliphatic carbocycles. The summed E-state index contributed by atoms with van der Waals surface area (Å²) in [6.07, 6.45) is 2.67. The minimum atomic E-state index is -0.205. The molecule has 0 saturated heterocycles. The van der Waals surface area contributed by atoms with Gasteiger partial charge in [-0.25, -0.2) is 0 Å². The van der Waals surface area contributed by atoms with Crippen molar-refractivity contribution in [2.24, 2.45) is 11.0 Å². The Kier molecular flexibility index (Phi) is 5.62. The van der Waals surface area contributed by atoms with Crippen molar-refractivity contribution in [2.45, 2.75) is 25.6 Å². The number of rotatable bonds is 5. The first-order valence-electron chi connectivity index (χ1n) is 7.15. The summed E-state index contributed by atoms with van der Waals surface area (Å²) in [5, 5.41) is 7.29. The van der Waals surface area contributed by atoms with E-state index in [0.29, 0.717) is 5.92 Å². The number of fused-ring (bicyclic) bond motifs is 1. The van der Waals surface area contributed by atoms with E-state index in [1.165, 1.54) is 5.56 Å². The van der Waals surface area contributed by atoms with Crippen molar-refractivity contribution >= 4 is 17.3 Å². The maximum absolute atomic E-state index is 6.17. The number of hydrazone groups is 1. The van der Waals surface area contributed by atoms with E-state index in [4.69, 9.17) is 26.2 Å². The van der Waals surface area contributed by atoms with Crippen molar-refractivity contribution in [3.8, 4) is 0 Å². The number of hydrogen-bond acceptors (Lipinski definition) is 4. The summed E-state index contributed by atoms with van der Waals surface area (Å²) in [5.41, 5.74) is 3.53. The number of benzene rings is 1. The van der Waals surface area contributed by atoms with Crippen molar-refractivity contribution in [2.75, 3.05) is 28.3 Å². The van der Waals surface area contributed by atoms with Gasteiger partial charge in [0.1, 0.15) is 0 Å². The molecule has 0 aliphatic heterocycles. The molecular weight excluding hydrogens is 288 g/mol. The Labute approximate surface area is 131 Å². The van der Waals surface area contributed by atoms with Crippen LogP contribution >= 0.6 is 11.6 Å². The fraction of sp³-hybridized carbons (Fsp3) is 0.562. The van der Waals surface area contributed by atoms with Crippen LogP contribution in [0.3, 0.4) is 0 Å². The second kappa shape index (κ2) is 7.25. The smallest absolute Gasteiger partial charge is 0.157 e. The van der Waals surface area contributed by atoms with Crippen LogP contribution < -0.4 is 0 Å². The van der Waals surface area contributed by atoms with Gasteiger partial charge in [0.15, 0.2) is 6.29 Å². The van der Waals surface area contributed by atoms with Crippen LogP contribution in [0.15, 0.2) is 23.3 Å². The number of aryl methyl sites for hydroxylation is 1. The minimum absolute atomic E-state index is 0.205. The third-order valence-corrected chi connectivity index (χ3v) is 4.04. The summed E-state index contributed by atoms with van der Waals surface area (Å²) < 4.78 is 10.7. The van der Waals surface area contributed by atoms with Crippen molar-refractivity contribution in [3.63, 3.8) is 0 Å². The first kappa shape index (κ1) is 16.3. The molecule has 0 aromatic heterocycles. The quantitative estimate of drug-likeness (QED) is 0.619. The molecule has 0 fully saturated rings. The number of ether oxygens (including phenoxy) is 2. The van der Waals surface area contributed by atoms with Gasteiger partial charge in [-0.15, -0.1) is 0 Å². The van der Waals surface area contributed by atoms with Gasteiger partial charge in [-0.2, -0.15) is 5.10 Å². The SMILES string of the molecule is COC(CC1CCc2ccc(Cl)cc2/C1=N\N(C)C)OC. The Balaban J connectivity index is 2.35. The van der Waals surface area contributed by atoms with Crippen molar-refractivity contribution in [1.82, 2.24) is 5.01 Å². The van der Waals surface area contributed by atoms with Gasteiger partial charge in [-0.3, -0.25) is 0 Å². The number of methoxy groups -OCH3 is 2. The zero-order valence-corrected chi connectivity index (χ0v) is 13.9. The standard InChI is InChI=1S/C16H23ClN2O2/c1-19(2)18-16-12(9-15(20-3)21-4)6-5-11-7-8-13(17)10-14(11)16/h7-8,10,12,15H,5-6,9H2,1-4H3/b18-16-. The van der Waals surface area contributed by atoms with Gasteiger partial charge < -0.3 is 14.5 Å². The van der Waals surface area contributed by atoms with E-state index in [2.05, 4.69) is 6.07 Å². The minimum Gasteiger partial charge on any atom is -0.356 e. The predicted molar refractivity (Wildman–Crippen MR) is 85.9 cm³/mol. The molecule has 116 valence electrons. The highest BCUT2D eigenvalue weighted by Crippen LogP contribution is 2.31. The average molecular weight is 311 g/mol. The fourth-order valence-corrected chi connectivity index (χ4v) is 2.97. The number of halogens is 1. The van der Waals surface area contributed by atoms with Crippen molar-refractivity contribution < 1.29 is 9.47 Å². The lowest BCUT2D eigenvalue weighted by Gasteiger charge is -2.29. The maximum Gasteiger partial charge on any atom is 0.157 e. The maximum atomic E-state index is 6.17. The van der Waals surface area contributed by atoms with E-state index in [-0.39, 0.29) is 6.29 Å². The third kappa shape index (κ3) is 3.96. The Morgan fingerprint density at radius 3 is 2.67 bits per heavy atom. The van der Waals surface area contributed by atoms with Gasteiger partial charge in [0.2, 0.25) is 0 Å². The lowest BCUT2D eigenvalue weighted by Crippen LogP contribution is -2.30. The van der Waals surface area contributed by atoms with E-state index in [1.807, 2.05) is 31.2 Å². The third-order valence-electron chi connectivity index (χ3n) is 3.81. The zero-order chi connectivity index (χ0) is 15.4. The number of hydrogen-bond donors (Lipinski definition) is 0. The van der Waals surface area contributed by atoms with Crippen LogP contribution in [0.25, 0.3) is 0 Å². The normalized spacial score (nSPS) is 19.9. The van der Waals surface area contributed by atoms with Crippen LogP contribution in [0.4, 0.5) is 0 Å². The van der Waals surface area contributed by atoms with Gasteiger partial charge in [0.05, 0.1) is 5.71 Å². The van der Waals surface area contributed by atoms with E-state index < -0.39 is 0 Å². The zero-order valence-electron chi connectivity index (χ0n) is 13.1. The largest absolute Gasteiger partial charge is 0.356 e. The summed E-state index contributed by atoms with van der Waals surface area (Å²) in [6.45, 7) is 0. The molecule has 0 amide bonds. The van der Waals surface area contributed by atoms with E-state index in [1.54, 1.807) is 14.2 Å². The molecule has 0 radical (unpaired) electrons. The summed E-state index contributed by atoms with van der Waals surface area (Å²) in [7, 11) is 7.22.